The molecule has 0 aliphatic carbocycles. The predicted molar refractivity (Wildman–Crippen MR) is 310 cm³/mol. The summed E-state index contributed by atoms with van der Waals surface area (Å²) in [6.07, 6.45) is 21.6. The van der Waals surface area contributed by atoms with Crippen molar-refractivity contribution in [3.05, 3.63) is 24.3 Å². The van der Waals surface area contributed by atoms with Crippen molar-refractivity contribution in [2.24, 2.45) is 0 Å². The van der Waals surface area contributed by atoms with Gasteiger partial charge >= 0.3 is 0 Å². The van der Waals surface area contributed by atoms with Crippen molar-refractivity contribution in [3.63, 3.8) is 0 Å². The van der Waals surface area contributed by atoms with Gasteiger partial charge in [-0.2, -0.15) is 0 Å². The van der Waals surface area contributed by atoms with Gasteiger partial charge in [-0.15, -0.1) is 0 Å². The zero-order chi connectivity index (χ0) is 59.0. The number of ether oxygens (including phenoxy) is 6. The van der Waals surface area contributed by atoms with E-state index in [1.807, 2.05) is 6.08 Å². The van der Waals surface area contributed by atoms with E-state index in [0.29, 0.717) is 12.8 Å². The summed E-state index contributed by atoms with van der Waals surface area (Å²) < 4.78 is 34.3. The lowest BCUT2D eigenvalue weighted by Crippen LogP contribution is -2.66. The van der Waals surface area contributed by atoms with E-state index in [9.17, 15) is 61.0 Å². The molecule has 17 atom stereocenters. The molecule has 0 saturated carbocycles. The van der Waals surface area contributed by atoms with Gasteiger partial charge in [0.15, 0.2) is 18.9 Å². The fraction of sp³-hybridized carbons (Fsp3) is 0.919. The second-order valence-corrected chi connectivity index (χ2v) is 23.2. The summed E-state index contributed by atoms with van der Waals surface area (Å²) in [5, 5.41) is 120. The molecule has 0 spiro atoms. The predicted octanol–water partition coefficient (Wildman–Crippen LogP) is 6.71. The van der Waals surface area contributed by atoms with E-state index >= 15 is 0 Å². The molecule has 0 aromatic heterocycles. The van der Waals surface area contributed by atoms with E-state index in [-0.39, 0.29) is 18.9 Å². The molecular formula is C62H115NO18. The van der Waals surface area contributed by atoms with Gasteiger partial charge in [-0.1, -0.05) is 218 Å². The van der Waals surface area contributed by atoms with Gasteiger partial charge in [0.05, 0.1) is 38.6 Å². The highest BCUT2D eigenvalue weighted by Gasteiger charge is 2.53. The fourth-order valence-corrected chi connectivity index (χ4v) is 11.0. The van der Waals surface area contributed by atoms with E-state index in [0.717, 1.165) is 38.5 Å². The van der Waals surface area contributed by atoms with Crippen LogP contribution in [0.15, 0.2) is 24.3 Å². The van der Waals surface area contributed by atoms with Gasteiger partial charge in [-0.3, -0.25) is 4.79 Å². The Morgan fingerprint density at radius 1 is 0.432 bits per heavy atom. The first-order chi connectivity index (χ1) is 39.3. The molecule has 81 heavy (non-hydrogen) atoms. The van der Waals surface area contributed by atoms with E-state index in [2.05, 4.69) is 31.3 Å². The van der Waals surface area contributed by atoms with E-state index in [1.165, 1.54) is 161 Å². The van der Waals surface area contributed by atoms with Crippen LogP contribution in [-0.4, -0.2) is 193 Å². The SMILES string of the molecule is CCCCCCCCCCCCCCCC/C=C/CC/C=C/C(O)C(COC1OC(CO)C(OC2OC(CO)C(OC3OC(CO)C(O)C(O)C3O)C(O)C2O)C(O)C1O)NC(=O)CCCCCCCCCCCCCCCCCC. The fourth-order valence-electron chi connectivity index (χ4n) is 11.0. The molecule has 476 valence electrons. The van der Waals surface area contributed by atoms with Gasteiger partial charge in [0.25, 0.3) is 0 Å². The summed E-state index contributed by atoms with van der Waals surface area (Å²) in [6, 6.07) is -0.985. The molecular weight excluding hydrogens is 1050 g/mol. The van der Waals surface area contributed by atoms with Crippen molar-refractivity contribution in [1.82, 2.24) is 5.32 Å². The van der Waals surface area contributed by atoms with Crippen LogP contribution in [0.3, 0.4) is 0 Å². The quantitative estimate of drug-likeness (QED) is 0.0222. The third-order valence-electron chi connectivity index (χ3n) is 16.3. The summed E-state index contributed by atoms with van der Waals surface area (Å²) in [7, 11) is 0. The van der Waals surface area contributed by atoms with Crippen LogP contribution in [0, 0.1) is 0 Å². The second kappa shape index (κ2) is 45.6. The van der Waals surface area contributed by atoms with Crippen molar-refractivity contribution in [2.45, 2.75) is 336 Å². The highest BCUT2D eigenvalue weighted by molar-refractivity contribution is 5.76. The van der Waals surface area contributed by atoms with Crippen LogP contribution in [0.1, 0.15) is 232 Å². The van der Waals surface area contributed by atoms with Crippen molar-refractivity contribution in [3.8, 4) is 0 Å². The first-order valence-corrected chi connectivity index (χ1v) is 32.1. The first-order valence-electron chi connectivity index (χ1n) is 32.1. The molecule has 3 heterocycles. The number of aliphatic hydroxyl groups excluding tert-OH is 11. The maximum absolute atomic E-state index is 13.3. The molecule has 1 amide bonds. The number of aliphatic hydroxyl groups is 11. The summed E-state index contributed by atoms with van der Waals surface area (Å²) in [4.78, 5) is 13.3. The van der Waals surface area contributed by atoms with Gasteiger partial charge in [0.2, 0.25) is 5.91 Å². The Morgan fingerprint density at radius 3 is 1.23 bits per heavy atom. The van der Waals surface area contributed by atoms with Crippen LogP contribution < -0.4 is 5.32 Å². The van der Waals surface area contributed by atoms with Gasteiger partial charge in [0.1, 0.15) is 73.2 Å². The Labute approximate surface area is 486 Å². The number of unbranched alkanes of at least 4 members (excludes halogenated alkanes) is 30. The monoisotopic (exact) mass is 1160 g/mol. The number of hydrogen-bond donors (Lipinski definition) is 12. The summed E-state index contributed by atoms with van der Waals surface area (Å²) in [5.41, 5.74) is 0. The largest absolute Gasteiger partial charge is 0.394 e. The third-order valence-corrected chi connectivity index (χ3v) is 16.3. The molecule has 19 heteroatoms. The number of rotatable bonds is 48. The van der Waals surface area contributed by atoms with Crippen LogP contribution in [0.2, 0.25) is 0 Å². The van der Waals surface area contributed by atoms with Crippen molar-refractivity contribution < 1.29 is 89.4 Å². The average Bonchev–Trinajstić information content (AvgIpc) is 3.48. The molecule has 19 nitrogen and oxygen atoms in total. The standard InChI is InChI=1S/C62H115NO18/c1-3-5-7-9-11-13-15-17-19-21-22-23-24-25-27-29-31-33-35-37-39-46(67)45(63-50(68)40-38-36-34-32-30-28-26-20-18-16-14-12-10-8-6-4-2)44-76-60-56(74)53(71)58(48(42-65)78-60)81-62-57(75)54(72)59(49(43-66)79-62)80-61-55(73)52(70)51(69)47(41-64)77-61/h29,31,37,39,45-49,51-62,64-67,69-75H,3-28,30,32-36,38,40-44H2,1-2H3,(H,63,68)/b31-29+,39-37+. The second-order valence-electron chi connectivity index (χ2n) is 23.2. The van der Waals surface area contributed by atoms with E-state index in [1.54, 1.807) is 6.08 Å². The van der Waals surface area contributed by atoms with E-state index < -0.39 is 124 Å². The van der Waals surface area contributed by atoms with Crippen molar-refractivity contribution >= 4 is 5.91 Å². The maximum atomic E-state index is 13.3. The summed E-state index contributed by atoms with van der Waals surface area (Å²) >= 11 is 0. The van der Waals surface area contributed by atoms with Gasteiger partial charge in [0, 0.05) is 6.42 Å². The smallest absolute Gasteiger partial charge is 0.220 e. The molecule has 3 aliphatic heterocycles. The normalized spacial score (nSPS) is 29.9. The molecule has 12 N–H and O–H groups in total. The minimum Gasteiger partial charge on any atom is -0.394 e. The number of nitrogens with one attached hydrogen (secondary N) is 1. The zero-order valence-corrected chi connectivity index (χ0v) is 49.8. The van der Waals surface area contributed by atoms with Gasteiger partial charge < -0.3 is 89.9 Å². The maximum Gasteiger partial charge on any atom is 0.220 e. The van der Waals surface area contributed by atoms with Crippen molar-refractivity contribution in [2.75, 3.05) is 26.4 Å². The highest BCUT2D eigenvalue weighted by Crippen LogP contribution is 2.33. The molecule has 0 bridgehead atoms. The Kier molecular flexibility index (Phi) is 41.4. The number of carbonyl (C=O) groups is 1. The van der Waals surface area contributed by atoms with Crippen LogP contribution in [0.4, 0.5) is 0 Å². The number of carbonyl (C=O) groups excluding carboxylic acids is 1. The Hall–Kier alpha value is -1.73. The molecule has 3 saturated heterocycles. The lowest BCUT2D eigenvalue weighted by Gasteiger charge is -2.48. The van der Waals surface area contributed by atoms with Crippen LogP contribution in [0.25, 0.3) is 0 Å². The van der Waals surface area contributed by atoms with Crippen LogP contribution >= 0.6 is 0 Å². The summed E-state index contributed by atoms with van der Waals surface area (Å²) in [5.74, 6) is -0.282. The third kappa shape index (κ3) is 29.0. The number of amides is 1. The van der Waals surface area contributed by atoms with Crippen LogP contribution in [-0.2, 0) is 33.2 Å². The number of allylic oxidation sites excluding steroid dienone is 3. The van der Waals surface area contributed by atoms with Crippen molar-refractivity contribution in [1.29, 1.82) is 0 Å². The molecule has 17 unspecified atom stereocenters. The average molecular weight is 1160 g/mol. The van der Waals surface area contributed by atoms with Crippen LogP contribution in [0.5, 0.6) is 0 Å². The summed E-state index contributed by atoms with van der Waals surface area (Å²) in [6.45, 7) is 1.73. The molecule has 0 radical (unpaired) electrons. The number of hydrogen-bond acceptors (Lipinski definition) is 18. The minimum atomic E-state index is -1.98. The Morgan fingerprint density at radius 2 is 0.790 bits per heavy atom. The van der Waals surface area contributed by atoms with E-state index in [4.69, 9.17) is 28.4 Å². The molecule has 3 fully saturated rings. The molecule has 0 aromatic carbocycles. The van der Waals surface area contributed by atoms with Gasteiger partial charge in [-0.05, 0) is 32.1 Å². The topological polar surface area (TPSA) is 307 Å². The molecule has 0 aromatic rings. The lowest BCUT2D eigenvalue weighted by molar-refractivity contribution is -0.379. The highest BCUT2D eigenvalue weighted by atomic mass is 16.8. The Balaban J connectivity index is 1.49. The Bertz CT molecular complexity index is 1580. The minimum absolute atomic E-state index is 0.240. The lowest BCUT2D eigenvalue weighted by atomic mass is 9.96. The first kappa shape index (κ1) is 73.5. The zero-order valence-electron chi connectivity index (χ0n) is 49.8. The van der Waals surface area contributed by atoms with Gasteiger partial charge in [-0.25, -0.2) is 0 Å². The molecule has 3 rings (SSSR count). The molecule has 3 aliphatic rings.